The smallest absolute Gasteiger partial charge is 0.141 e. The molecule has 0 bridgehead atoms. The van der Waals surface area contributed by atoms with Crippen LogP contribution in [-0.4, -0.2) is 11.0 Å². The fraction of sp³-hybridized carbons (Fsp3) is 0.643. The molecular formula is C14H21FN2. The highest BCUT2D eigenvalue weighted by atomic mass is 19.1. The maximum Gasteiger partial charge on any atom is 0.141 e. The molecule has 0 spiro atoms. The number of nitrogens with zero attached hydrogens (tertiary/aromatic N) is 1. The van der Waals surface area contributed by atoms with Gasteiger partial charge in [-0.2, -0.15) is 0 Å². The Bertz CT molecular complexity index is 367. The van der Waals surface area contributed by atoms with Gasteiger partial charge in [0.1, 0.15) is 5.82 Å². The highest BCUT2D eigenvalue weighted by molar-refractivity contribution is 5.09. The molecule has 1 saturated carbocycles. The SMILES string of the molecule is CC1CCC(NCc2cncc(F)c2)CC1C. The Morgan fingerprint density at radius 3 is 2.82 bits per heavy atom. The Kier molecular flexibility index (Phi) is 4.11. The average Bonchev–Trinajstić information content (AvgIpc) is 2.31. The molecule has 0 amide bonds. The minimum Gasteiger partial charge on any atom is -0.310 e. The third-order valence-corrected chi connectivity index (χ3v) is 3.95. The van der Waals surface area contributed by atoms with Crippen LogP contribution in [0.25, 0.3) is 0 Å². The molecule has 1 aromatic rings. The summed E-state index contributed by atoms with van der Waals surface area (Å²) in [6, 6.07) is 2.12. The maximum atomic E-state index is 13.0. The first-order valence-corrected chi connectivity index (χ1v) is 6.48. The van der Waals surface area contributed by atoms with Crippen LogP contribution < -0.4 is 5.32 Å². The molecule has 1 heterocycles. The van der Waals surface area contributed by atoms with Crippen LogP contribution in [0.5, 0.6) is 0 Å². The highest BCUT2D eigenvalue weighted by Gasteiger charge is 2.23. The summed E-state index contributed by atoms with van der Waals surface area (Å²) in [5.41, 5.74) is 0.927. The largest absolute Gasteiger partial charge is 0.310 e. The lowest BCUT2D eigenvalue weighted by molar-refractivity contribution is 0.225. The van der Waals surface area contributed by atoms with E-state index in [0.717, 1.165) is 23.9 Å². The molecule has 1 N–H and O–H groups in total. The molecular weight excluding hydrogens is 215 g/mol. The minimum absolute atomic E-state index is 0.255. The van der Waals surface area contributed by atoms with E-state index in [0.29, 0.717) is 6.04 Å². The molecule has 17 heavy (non-hydrogen) atoms. The van der Waals surface area contributed by atoms with Gasteiger partial charge in [0.15, 0.2) is 0 Å². The molecule has 94 valence electrons. The van der Waals surface area contributed by atoms with E-state index in [-0.39, 0.29) is 5.82 Å². The second-order valence-electron chi connectivity index (χ2n) is 5.36. The summed E-state index contributed by atoms with van der Waals surface area (Å²) in [4.78, 5) is 3.86. The topological polar surface area (TPSA) is 24.9 Å². The zero-order valence-corrected chi connectivity index (χ0v) is 10.6. The van der Waals surface area contributed by atoms with E-state index in [9.17, 15) is 4.39 Å². The molecule has 1 aromatic heterocycles. The first kappa shape index (κ1) is 12.5. The van der Waals surface area contributed by atoms with Crippen molar-refractivity contribution in [2.24, 2.45) is 11.8 Å². The third kappa shape index (κ3) is 3.50. The molecule has 3 atom stereocenters. The third-order valence-electron chi connectivity index (χ3n) is 3.95. The van der Waals surface area contributed by atoms with Crippen LogP contribution in [0.3, 0.4) is 0 Å². The van der Waals surface area contributed by atoms with Gasteiger partial charge >= 0.3 is 0 Å². The number of nitrogens with one attached hydrogen (secondary N) is 1. The van der Waals surface area contributed by atoms with Gasteiger partial charge in [0.25, 0.3) is 0 Å². The summed E-state index contributed by atoms with van der Waals surface area (Å²) < 4.78 is 13.0. The first-order valence-electron chi connectivity index (χ1n) is 6.48. The average molecular weight is 236 g/mol. The summed E-state index contributed by atoms with van der Waals surface area (Å²) in [6.45, 7) is 5.37. The van der Waals surface area contributed by atoms with E-state index in [2.05, 4.69) is 24.1 Å². The van der Waals surface area contributed by atoms with Crippen LogP contribution in [-0.2, 0) is 6.54 Å². The number of hydrogen-bond donors (Lipinski definition) is 1. The van der Waals surface area contributed by atoms with Gasteiger partial charge in [-0.05, 0) is 42.7 Å². The molecule has 0 aliphatic heterocycles. The highest BCUT2D eigenvalue weighted by Crippen LogP contribution is 2.29. The number of pyridine rings is 1. The lowest BCUT2D eigenvalue weighted by Gasteiger charge is -2.32. The van der Waals surface area contributed by atoms with E-state index in [1.807, 2.05) is 0 Å². The summed E-state index contributed by atoms with van der Waals surface area (Å²) in [6.07, 6.45) is 6.72. The van der Waals surface area contributed by atoms with Crippen LogP contribution >= 0.6 is 0 Å². The van der Waals surface area contributed by atoms with Crippen molar-refractivity contribution in [3.63, 3.8) is 0 Å². The van der Waals surface area contributed by atoms with Gasteiger partial charge in [-0.25, -0.2) is 4.39 Å². The van der Waals surface area contributed by atoms with Crippen LogP contribution in [0.4, 0.5) is 4.39 Å². The van der Waals surface area contributed by atoms with Crippen molar-refractivity contribution in [3.8, 4) is 0 Å². The van der Waals surface area contributed by atoms with E-state index in [1.54, 1.807) is 12.3 Å². The van der Waals surface area contributed by atoms with Gasteiger partial charge in [-0.1, -0.05) is 13.8 Å². The van der Waals surface area contributed by atoms with Crippen molar-refractivity contribution >= 4 is 0 Å². The van der Waals surface area contributed by atoms with Crippen molar-refractivity contribution < 1.29 is 4.39 Å². The molecule has 0 aromatic carbocycles. The van der Waals surface area contributed by atoms with Crippen molar-refractivity contribution in [2.75, 3.05) is 0 Å². The number of halogens is 1. The van der Waals surface area contributed by atoms with Crippen molar-refractivity contribution in [3.05, 3.63) is 29.8 Å². The zero-order chi connectivity index (χ0) is 12.3. The normalized spacial score (nSPS) is 29.2. The van der Waals surface area contributed by atoms with Crippen molar-refractivity contribution in [1.82, 2.24) is 10.3 Å². The van der Waals surface area contributed by atoms with Gasteiger partial charge in [0.05, 0.1) is 6.20 Å². The molecule has 1 aliphatic carbocycles. The molecule has 2 rings (SSSR count). The molecule has 0 saturated heterocycles. The van der Waals surface area contributed by atoms with E-state index >= 15 is 0 Å². The van der Waals surface area contributed by atoms with E-state index in [1.165, 1.54) is 25.5 Å². The van der Waals surface area contributed by atoms with Gasteiger partial charge in [-0.3, -0.25) is 4.98 Å². The van der Waals surface area contributed by atoms with E-state index < -0.39 is 0 Å². The van der Waals surface area contributed by atoms with Crippen LogP contribution in [0.2, 0.25) is 0 Å². The fourth-order valence-electron chi connectivity index (χ4n) is 2.55. The Labute approximate surface area is 103 Å². The van der Waals surface area contributed by atoms with E-state index in [4.69, 9.17) is 0 Å². The number of hydrogen-bond acceptors (Lipinski definition) is 2. The second-order valence-corrected chi connectivity index (χ2v) is 5.36. The lowest BCUT2D eigenvalue weighted by Crippen LogP contribution is -2.35. The molecule has 1 aliphatic rings. The molecule has 2 nitrogen and oxygen atoms in total. The molecule has 0 radical (unpaired) electrons. The van der Waals surface area contributed by atoms with Crippen LogP contribution in [0.15, 0.2) is 18.5 Å². The summed E-state index contributed by atoms with van der Waals surface area (Å²) in [5, 5.41) is 3.51. The van der Waals surface area contributed by atoms with Gasteiger partial charge in [0.2, 0.25) is 0 Å². The quantitative estimate of drug-likeness (QED) is 0.872. The maximum absolute atomic E-state index is 13.0. The number of aromatic nitrogens is 1. The first-order chi connectivity index (χ1) is 8.15. The van der Waals surface area contributed by atoms with Crippen LogP contribution in [0, 0.1) is 17.7 Å². The zero-order valence-electron chi connectivity index (χ0n) is 10.6. The lowest BCUT2D eigenvalue weighted by atomic mass is 9.79. The van der Waals surface area contributed by atoms with Crippen molar-refractivity contribution in [1.29, 1.82) is 0 Å². The van der Waals surface area contributed by atoms with Gasteiger partial charge in [-0.15, -0.1) is 0 Å². The summed E-state index contributed by atoms with van der Waals surface area (Å²) >= 11 is 0. The monoisotopic (exact) mass is 236 g/mol. The Morgan fingerprint density at radius 1 is 1.29 bits per heavy atom. The van der Waals surface area contributed by atoms with Crippen molar-refractivity contribution in [2.45, 2.75) is 45.7 Å². The Morgan fingerprint density at radius 2 is 2.12 bits per heavy atom. The minimum atomic E-state index is -0.255. The Hall–Kier alpha value is -0.960. The Balaban J connectivity index is 1.82. The predicted molar refractivity (Wildman–Crippen MR) is 67.0 cm³/mol. The molecule has 3 unspecified atom stereocenters. The van der Waals surface area contributed by atoms with Gasteiger partial charge < -0.3 is 5.32 Å². The summed E-state index contributed by atoms with van der Waals surface area (Å²) in [7, 11) is 0. The molecule has 1 fully saturated rings. The predicted octanol–water partition coefficient (Wildman–Crippen LogP) is 3.14. The summed E-state index contributed by atoms with van der Waals surface area (Å²) in [5.74, 6) is 1.37. The number of rotatable bonds is 3. The fourth-order valence-corrected chi connectivity index (χ4v) is 2.55. The standard InChI is InChI=1S/C14H21FN2/c1-10-3-4-14(5-11(10)2)17-8-12-6-13(15)9-16-7-12/h6-7,9-11,14,17H,3-5,8H2,1-2H3. The van der Waals surface area contributed by atoms with Gasteiger partial charge in [0, 0.05) is 18.8 Å². The second kappa shape index (κ2) is 5.58. The molecule has 3 heteroatoms. The van der Waals surface area contributed by atoms with Crippen LogP contribution in [0.1, 0.15) is 38.7 Å².